The van der Waals surface area contributed by atoms with Gasteiger partial charge in [-0.25, -0.2) is 0 Å². The van der Waals surface area contributed by atoms with Gasteiger partial charge < -0.3 is 10.0 Å². The van der Waals surface area contributed by atoms with Crippen molar-refractivity contribution in [2.45, 2.75) is 26.2 Å². The van der Waals surface area contributed by atoms with Crippen LogP contribution in [0.25, 0.3) is 10.6 Å². The Kier molecular flexibility index (Phi) is 4.55. The zero-order valence-corrected chi connectivity index (χ0v) is 14.5. The zero-order valence-electron chi connectivity index (χ0n) is 13.7. The van der Waals surface area contributed by atoms with E-state index >= 15 is 0 Å². The molecule has 0 bridgehead atoms. The monoisotopic (exact) mass is 333 g/mol. The molecule has 1 aliphatic heterocycles. The molecule has 2 aromatic rings. The van der Waals surface area contributed by atoms with Crippen LogP contribution in [-0.2, 0) is 7.05 Å². The maximum absolute atomic E-state index is 12.9. The van der Waals surface area contributed by atoms with Crippen molar-refractivity contribution in [3.05, 3.63) is 29.3 Å². The van der Waals surface area contributed by atoms with Crippen molar-refractivity contribution in [1.82, 2.24) is 14.7 Å². The summed E-state index contributed by atoms with van der Waals surface area (Å²) >= 11 is 1.59. The highest BCUT2D eigenvalue weighted by Gasteiger charge is 2.35. The fourth-order valence-electron chi connectivity index (χ4n) is 3.22. The highest BCUT2D eigenvalue weighted by Crippen LogP contribution is 2.35. The van der Waals surface area contributed by atoms with Crippen molar-refractivity contribution in [3.63, 3.8) is 0 Å². The third kappa shape index (κ3) is 3.05. The van der Waals surface area contributed by atoms with E-state index in [4.69, 9.17) is 0 Å². The molecule has 0 saturated carbocycles. The lowest BCUT2D eigenvalue weighted by Gasteiger charge is -2.40. The molecule has 2 aromatic heterocycles. The van der Waals surface area contributed by atoms with Crippen molar-refractivity contribution in [2.24, 2.45) is 12.5 Å². The Morgan fingerprint density at radius 1 is 1.43 bits per heavy atom. The van der Waals surface area contributed by atoms with Crippen molar-refractivity contribution < 1.29 is 9.90 Å². The van der Waals surface area contributed by atoms with Gasteiger partial charge in [-0.05, 0) is 36.1 Å². The molecule has 3 heterocycles. The predicted octanol–water partition coefficient (Wildman–Crippen LogP) is 2.77. The van der Waals surface area contributed by atoms with E-state index < -0.39 is 0 Å². The number of aryl methyl sites for hydroxylation is 1. The Hall–Kier alpha value is -1.66. The van der Waals surface area contributed by atoms with E-state index in [1.54, 1.807) is 16.0 Å². The lowest BCUT2D eigenvalue weighted by Crippen LogP contribution is -2.44. The summed E-state index contributed by atoms with van der Waals surface area (Å²) in [5.74, 6) is 0.0455. The van der Waals surface area contributed by atoms with E-state index in [9.17, 15) is 9.90 Å². The first-order valence-corrected chi connectivity index (χ1v) is 8.94. The second-order valence-corrected chi connectivity index (χ2v) is 7.29. The Labute approximate surface area is 140 Å². The standard InChI is InChI=1S/C17H23N3O2S/c1-3-17(12-21)6-8-20(9-7-17)16(22)13-11-19(2)18-15(13)14-5-4-10-23-14/h4-5,10-11,21H,3,6-9,12H2,1-2H3. The lowest BCUT2D eigenvalue weighted by molar-refractivity contribution is 0.0338. The minimum absolute atomic E-state index is 0.0116. The predicted molar refractivity (Wildman–Crippen MR) is 91.5 cm³/mol. The summed E-state index contributed by atoms with van der Waals surface area (Å²) in [5.41, 5.74) is 1.42. The van der Waals surface area contributed by atoms with Gasteiger partial charge in [0.05, 0.1) is 10.4 Å². The number of aliphatic hydroxyl groups excluding tert-OH is 1. The number of nitrogens with zero attached hydrogens (tertiary/aromatic N) is 3. The third-order valence-corrected chi connectivity index (χ3v) is 5.89. The zero-order chi connectivity index (χ0) is 16.4. The molecule has 0 radical (unpaired) electrons. The van der Waals surface area contributed by atoms with Crippen LogP contribution in [0, 0.1) is 5.41 Å². The van der Waals surface area contributed by atoms with E-state index in [0.717, 1.165) is 29.8 Å². The van der Waals surface area contributed by atoms with Gasteiger partial charge >= 0.3 is 0 Å². The van der Waals surface area contributed by atoms with Gasteiger partial charge in [-0.15, -0.1) is 11.3 Å². The van der Waals surface area contributed by atoms with Crippen molar-refractivity contribution in [1.29, 1.82) is 0 Å². The highest BCUT2D eigenvalue weighted by atomic mass is 32.1. The second-order valence-electron chi connectivity index (χ2n) is 6.35. The van der Waals surface area contributed by atoms with Gasteiger partial charge in [0.25, 0.3) is 5.91 Å². The molecule has 0 spiro atoms. The summed E-state index contributed by atoms with van der Waals surface area (Å²) in [6, 6.07) is 3.97. The molecule has 3 rings (SSSR count). The number of hydrogen-bond acceptors (Lipinski definition) is 4. The highest BCUT2D eigenvalue weighted by molar-refractivity contribution is 7.13. The Morgan fingerprint density at radius 2 is 2.17 bits per heavy atom. The molecular weight excluding hydrogens is 310 g/mol. The molecule has 0 atom stereocenters. The number of aliphatic hydroxyl groups is 1. The van der Waals surface area contributed by atoms with E-state index in [1.165, 1.54) is 0 Å². The normalized spacial score (nSPS) is 17.4. The maximum atomic E-state index is 12.9. The van der Waals surface area contributed by atoms with Crippen molar-refractivity contribution in [3.8, 4) is 10.6 Å². The number of piperidine rings is 1. The Balaban J connectivity index is 1.80. The van der Waals surface area contributed by atoms with Gasteiger partial charge in [0, 0.05) is 32.9 Å². The number of amides is 1. The van der Waals surface area contributed by atoms with Crippen molar-refractivity contribution >= 4 is 17.2 Å². The third-order valence-electron chi connectivity index (χ3n) is 5.01. The van der Waals surface area contributed by atoms with Gasteiger partial charge in [-0.2, -0.15) is 5.10 Å². The van der Waals surface area contributed by atoms with Crippen LogP contribution in [0.3, 0.4) is 0 Å². The first kappa shape index (κ1) is 16.2. The molecule has 1 saturated heterocycles. The number of likely N-dealkylation sites (tertiary alicyclic amines) is 1. The average molecular weight is 333 g/mol. The molecule has 23 heavy (non-hydrogen) atoms. The topological polar surface area (TPSA) is 58.4 Å². The van der Waals surface area contributed by atoms with E-state index in [0.29, 0.717) is 18.7 Å². The van der Waals surface area contributed by atoms with Gasteiger partial charge in [0.2, 0.25) is 0 Å². The molecule has 124 valence electrons. The summed E-state index contributed by atoms with van der Waals surface area (Å²) in [4.78, 5) is 15.8. The van der Waals surface area contributed by atoms with Crippen LogP contribution in [-0.4, -0.2) is 45.4 Å². The molecule has 0 unspecified atom stereocenters. The van der Waals surface area contributed by atoms with E-state index in [-0.39, 0.29) is 17.9 Å². The molecule has 5 nitrogen and oxygen atoms in total. The number of thiophene rings is 1. The summed E-state index contributed by atoms with van der Waals surface area (Å²) in [6.07, 6.45) is 4.49. The van der Waals surface area contributed by atoms with Crippen LogP contribution < -0.4 is 0 Å². The van der Waals surface area contributed by atoms with Crippen LogP contribution in [0.4, 0.5) is 0 Å². The first-order valence-electron chi connectivity index (χ1n) is 8.06. The molecule has 0 aliphatic carbocycles. The van der Waals surface area contributed by atoms with Crippen LogP contribution in [0.1, 0.15) is 36.5 Å². The smallest absolute Gasteiger partial charge is 0.257 e. The van der Waals surface area contributed by atoms with Crippen LogP contribution in [0.5, 0.6) is 0 Å². The van der Waals surface area contributed by atoms with Gasteiger partial charge in [-0.3, -0.25) is 9.48 Å². The molecular formula is C17H23N3O2S. The summed E-state index contributed by atoms with van der Waals surface area (Å²) < 4.78 is 1.70. The Bertz CT molecular complexity index is 664. The number of carbonyl (C=O) groups is 1. The Morgan fingerprint density at radius 3 is 2.74 bits per heavy atom. The van der Waals surface area contributed by atoms with Gasteiger partial charge in [0.15, 0.2) is 0 Å². The molecule has 1 N–H and O–H groups in total. The molecule has 0 aromatic carbocycles. The quantitative estimate of drug-likeness (QED) is 0.936. The minimum atomic E-state index is -0.0116. The molecule has 1 fully saturated rings. The maximum Gasteiger partial charge on any atom is 0.257 e. The molecule has 6 heteroatoms. The lowest BCUT2D eigenvalue weighted by atomic mass is 9.77. The summed E-state index contributed by atoms with van der Waals surface area (Å²) in [6.45, 7) is 3.72. The fraction of sp³-hybridized carbons (Fsp3) is 0.529. The van der Waals surface area contributed by atoms with Crippen molar-refractivity contribution in [2.75, 3.05) is 19.7 Å². The average Bonchev–Trinajstić information content (AvgIpc) is 3.23. The minimum Gasteiger partial charge on any atom is -0.396 e. The molecule has 1 aliphatic rings. The number of carbonyl (C=O) groups excluding carboxylic acids is 1. The first-order chi connectivity index (χ1) is 11.1. The SMILES string of the molecule is CCC1(CO)CCN(C(=O)c2cn(C)nc2-c2cccs2)CC1. The number of aromatic nitrogens is 2. The summed E-state index contributed by atoms with van der Waals surface area (Å²) in [7, 11) is 1.85. The van der Waals surface area contributed by atoms with E-state index in [1.807, 2.05) is 35.7 Å². The van der Waals surface area contributed by atoms with Crippen LogP contribution >= 0.6 is 11.3 Å². The fourth-order valence-corrected chi connectivity index (χ4v) is 3.94. The molecule has 1 amide bonds. The van der Waals surface area contributed by atoms with Gasteiger partial charge in [0.1, 0.15) is 5.69 Å². The summed E-state index contributed by atoms with van der Waals surface area (Å²) in [5, 5.41) is 16.1. The number of hydrogen-bond donors (Lipinski definition) is 1. The van der Waals surface area contributed by atoms with Crippen LogP contribution in [0.15, 0.2) is 23.7 Å². The second kappa shape index (κ2) is 6.45. The number of rotatable bonds is 4. The van der Waals surface area contributed by atoms with Crippen LogP contribution in [0.2, 0.25) is 0 Å². The largest absolute Gasteiger partial charge is 0.396 e. The van der Waals surface area contributed by atoms with Gasteiger partial charge in [-0.1, -0.05) is 13.0 Å². The van der Waals surface area contributed by atoms with E-state index in [2.05, 4.69) is 12.0 Å².